The molecule has 1 aliphatic rings. The molecule has 4 nitrogen and oxygen atoms in total. The summed E-state index contributed by atoms with van der Waals surface area (Å²) in [6.07, 6.45) is 3.19. The maximum Gasteiger partial charge on any atom is 0.120 e. The summed E-state index contributed by atoms with van der Waals surface area (Å²) in [6.45, 7) is 9.29. The first kappa shape index (κ1) is 22.6. The van der Waals surface area contributed by atoms with E-state index in [1.54, 1.807) is 7.11 Å². The van der Waals surface area contributed by atoms with E-state index in [4.69, 9.17) is 14.2 Å². The summed E-state index contributed by atoms with van der Waals surface area (Å²) >= 11 is 0. The fourth-order valence-corrected chi connectivity index (χ4v) is 3.88. The fourth-order valence-electron chi connectivity index (χ4n) is 3.88. The van der Waals surface area contributed by atoms with Crippen molar-refractivity contribution < 1.29 is 19.3 Å². The lowest BCUT2D eigenvalue weighted by atomic mass is 9.78. The summed E-state index contributed by atoms with van der Waals surface area (Å²) in [6, 6.07) is 16.6. The largest absolute Gasteiger partial charge is 0.491 e. The maximum absolute atomic E-state index is 9.72. The Balaban J connectivity index is 1.62. The van der Waals surface area contributed by atoms with E-state index >= 15 is 0 Å². The molecule has 0 saturated heterocycles. The van der Waals surface area contributed by atoms with Crippen LogP contribution in [0.1, 0.15) is 58.1 Å². The molecule has 1 saturated carbocycles. The van der Waals surface area contributed by atoms with Gasteiger partial charge in [0.2, 0.25) is 0 Å². The standard InChI is InChI=1S/C26H36O4/c1-25(2,16-19-6-7-19)30-24-14-10-21(11-15-24)26(3,4)20-8-12-23(13-9-20)29-18-22(27)17-28-5/h8-15,19,22,27H,6-7,16-18H2,1-5H3. The van der Waals surface area contributed by atoms with Crippen LogP contribution in [0.2, 0.25) is 0 Å². The molecule has 1 fully saturated rings. The highest BCUT2D eigenvalue weighted by molar-refractivity contribution is 5.42. The van der Waals surface area contributed by atoms with Crippen molar-refractivity contribution in [3.63, 3.8) is 0 Å². The zero-order chi connectivity index (χ0) is 21.8. The molecule has 2 aromatic rings. The van der Waals surface area contributed by atoms with Crippen LogP contribution in [0, 0.1) is 5.92 Å². The third-order valence-electron chi connectivity index (χ3n) is 5.82. The molecule has 0 aliphatic heterocycles. The molecule has 0 heterocycles. The van der Waals surface area contributed by atoms with Gasteiger partial charge in [0.25, 0.3) is 0 Å². The minimum absolute atomic E-state index is 0.120. The van der Waals surface area contributed by atoms with E-state index in [0.29, 0.717) is 0 Å². The maximum atomic E-state index is 9.72. The van der Waals surface area contributed by atoms with Gasteiger partial charge in [0.1, 0.15) is 29.8 Å². The van der Waals surface area contributed by atoms with E-state index in [1.165, 1.54) is 24.0 Å². The Labute approximate surface area is 181 Å². The molecule has 0 spiro atoms. The van der Waals surface area contributed by atoms with Crippen LogP contribution >= 0.6 is 0 Å². The van der Waals surface area contributed by atoms with Gasteiger partial charge in [0.15, 0.2) is 0 Å². The number of rotatable bonds is 11. The quantitative estimate of drug-likeness (QED) is 0.540. The van der Waals surface area contributed by atoms with Crippen molar-refractivity contribution in [3.05, 3.63) is 59.7 Å². The van der Waals surface area contributed by atoms with Gasteiger partial charge < -0.3 is 19.3 Å². The average Bonchev–Trinajstić information content (AvgIpc) is 3.50. The SMILES string of the molecule is COCC(O)COc1ccc(C(C)(C)c2ccc(OC(C)(C)CC3CC3)cc2)cc1. The minimum Gasteiger partial charge on any atom is -0.491 e. The van der Waals surface area contributed by atoms with Crippen molar-refractivity contribution in [1.29, 1.82) is 0 Å². The second-order valence-corrected chi connectivity index (χ2v) is 9.60. The topological polar surface area (TPSA) is 47.9 Å². The smallest absolute Gasteiger partial charge is 0.120 e. The molecular formula is C26H36O4. The minimum atomic E-state index is -0.624. The van der Waals surface area contributed by atoms with Crippen molar-refractivity contribution in [2.45, 2.75) is 64.1 Å². The van der Waals surface area contributed by atoms with Gasteiger partial charge in [-0.15, -0.1) is 0 Å². The van der Waals surface area contributed by atoms with Crippen LogP contribution in [0.15, 0.2) is 48.5 Å². The van der Waals surface area contributed by atoms with Crippen LogP contribution in [-0.2, 0) is 10.2 Å². The molecule has 1 aliphatic carbocycles. The van der Waals surface area contributed by atoms with E-state index in [9.17, 15) is 5.11 Å². The van der Waals surface area contributed by atoms with E-state index in [2.05, 4.69) is 64.1 Å². The molecule has 0 aromatic heterocycles. The third kappa shape index (κ3) is 6.23. The van der Waals surface area contributed by atoms with Gasteiger partial charge in [-0.05, 0) is 61.6 Å². The van der Waals surface area contributed by atoms with E-state index in [0.717, 1.165) is 23.8 Å². The van der Waals surface area contributed by atoms with Crippen LogP contribution in [0.4, 0.5) is 0 Å². The van der Waals surface area contributed by atoms with Gasteiger partial charge in [-0.2, -0.15) is 0 Å². The number of hydrogen-bond donors (Lipinski definition) is 1. The van der Waals surface area contributed by atoms with Crippen LogP contribution in [0.5, 0.6) is 11.5 Å². The van der Waals surface area contributed by atoms with Crippen LogP contribution in [-0.4, -0.2) is 37.1 Å². The summed E-state index contributed by atoms with van der Waals surface area (Å²) in [5.41, 5.74) is 2.18. The molecular weight excluding hydrogens is 376 g/mol. The summed E-state index contributed by atoms with van der Waals surface area (Å²) in [5.74, 6) is 2.51. The monoisotopic (exact) mass is 412 g/mol. The predicted octanol–water partition coefficient (Wildman–Crippen LogP) is 5.36. The number of hydrogen-bond acceptors (Lipinski definition) is 4. The zero-order valence-electron chi connectivity index (χ0n) is 19.0. The second kappa shape index (κ2) is 9.40. The third-order valence-corrected chi connectivity index (χ3v) is 5.82. The van der Waals surface area contributed by atoms with Gasteiger partial charge >= 0.3 is 0 Å². The molecule has 1 atom stereocenters. The highest BCUT2D eigenvalue weighted by Crippen LogP contribution is 2.39. The van der Waals surface area contributed by atoms with Crippen LogP contribution in [0.3, 0.4) is 0 Å². The van der Waals surface area contributed by atoms with Crippen molar-refractivity contribution >= 4 is 0 Å². The molecule has 0 bridgehead atoms. The molecule has 1 N–H and O–H groups in total. The average molecular weight is 413 g/mol. The first-order chi connectivity index (χ1) is 14.2. The normalized spacial score (nSPS) is 15.7. The molecule has 164 valence electrons. The molecule has 1 unspecified atom stereocenters. The number of aliphatic hydroxyl groups is 1. The predicted molar refractivity (Wildman–Crippen MR) is 120 cm³/mol. The summed E-state index contributed by atoms with van der Waals surface area (Å²) in [4.78, 5) is 0. The zero-order valence-corrected chi connectivity index (χ0v) is 19.0. The molecule has 30 heavy (non-hydrogen) atoms. The first-order valence-electron chi connectivity index (χ1n) is 10.9. The van der Waals surface area contributed by atoms with Gasteiger partial charge in [-0.25, -0.2) is 0 Å². The van der Waals surface area contributed by atoms with Gasteiger partial charge in [0, 0.05) is 12.5 Å². The molecule has 3 rings (SSSR count). The van der Waals surface area contributed by atoms with Gasteiger partial charge in [-0.3, -0.25) is 0 Å². The fraction of sp³-hybridized carbons (Fsp3) is 0.538. The van der Waals surface area contributed by atoms with Gasteiger partial charge in [0.05, 0.1) is 6.61 Å². The van der Waals surface area contributed by atoms with Crippen molar-refractivity contribution in [2.75, 3.05) is 20.3 Å². The number of methoxy groups -OCH3 is 1. The van der Waals surface area contributed by atoms with E-state index < -0.39 is 6.10 Å². The molecule has 0 amide bonds. The Morgan fingerprint density at radius 2 is 1.40 bits per heavy atom. The Morgan fingerprint density at radius 1 is 0.867 bits per heavy atom. The summed E-state index contributed by atoms with van der Waals surface area (Å²) in [7, 11) is 1.56. The van der Waals surface area contributed by atoms with E-state index in [-0.39, 0.29) is 24.2 Å². The van der Waals surface area contributed by atoms with Gasteiger partial charge in [-0.1, -0.05) is 51.0 Å². The Bertz CT molecular complexity index is 789. The number of aliphatic hydroxyl groups excluding tert-OH is 1. The van der Waals surface area contributed by atoms with Crippen molar-refractivity contribution in [2.24, 2.45) is 5.92 Å². The Morgan fingerprint density at radius 3 is 1.90 bits per heavy atom. The lowest BCUT2D eigenvalue weighted by Crippen LogP contribution is -2.28. The van der Waals surface area contributed by atoms with Crippen LogP contribution < -0.4 is 9.47 Å². The Kier molecular flexibility index (Phi) is 7.10. The Hall–Kier alpha value is -2.04. The molecule has 2 aromatic carbocycles. The number of ether oxygens (including phenoxy) is 3. The molecule has 4 heteroatoms. The highest BCUT2D eigenvalue weighted by Gasteiger charge is 2.31. The van der Waals surface area contributed by atoms with Crippen molar-refractivity contribution in [1.82, 2.24) is 0 Å². The summed E-state index contributed by atoms with van der Waals surface area (Å²) in [5, 5.41) is 9.72. The second-order valence-electron chi connectivity index (χ2n) is 9.60. The lowest BCUT2D eigenvalue weighted by Gasteiger charge is -2.29. The number of benzene rings is 2. The lowest BCUT2D eigenvalue weighted by molar-refractivity contribution is 0.0325. The molecule has 0 radical (unpaired) electrons. The summed E-state index contributed by atoms with van der Waals surface area (Å²) < 4.78 is 16.8. The van der Waals surface area contributed by atoms with E-state index in [1.807, 2.05) is 12.1 Å². The first-order valence-corrected chi connectivity index (χ1v) is 10.9. The van der Waals surface area contributed by atoms with Crippen molar-refractivity contribution in [3.8, 4) is 11.5 Å². The van der Waals surface area contributed by atoms with Crippen LogP contribution in [0.25, 0.3) is 0 Å². The highest BCUT2D eigenvalue weighted by atomic mass is 16.5.